The summed E-state index contributed by atoms with van der Waals surface area (Å²) in [6, 6.07) is 6.12. The summed E-state index contributed by atoms with van der Waals surface area (Å²) < 4.78 is 15.6. The Hall–Kier alpha value is -3.33. The molecule has 8 nitrogen and oxygen atoms in total. The molecule has 0 bridgehead atoms. The molecule has 0 aliphatic rings. The Morgan fingerprint density at radius 1 is 0.941 bits per heavy atom. The van der Waals surface area contributed by atoms with Crippen LogP contribution in [0.25, 0.3) is 10.9 Å². The molecular formula is C25H28N2O6S. The summed E-state index contributed by atoms with van der Waals surface area (Å²) in [6.45, 7) is 11.1. The van der Waals surface area contributed by atoms with E-state index in [9.17, 15) is 14.4 Å². The summed E-state index contributed by atoms with van der Waals surface area (Å²) in [5.74, 6) is -1.87. The maximum Gasteiger partial charge on any atom is 0.344 e. The van der Waals surface area contributed by atoms with Gasteiger partial charge in [0, 0.05) is 5.39 Å². The van der Waals surface area contributed by atoms with Crippen LogP contribution in [0.15, 0.2) is 27.6 Å². The molecule has 1 aromatic carbocycles. The predicted molar refractivity (Wildman–Crippen MR) is 131 cm³/mol. The van der Waals surface area contributed by atoms with Crippen molar-refractivity contribution in [1.82, 2.24) is 4.98 Å². The molecule has 3 rings (SSSR count). The molecule has 0 atom stereocenters. The van der Waals surface area contributed by atoms with Gasteiger partial charge >= 0.3 is 11.9 Å². The number of anilines is 1. The van der Waals surface area contributed by atoms with Crippen LogP contribution in [0.2, 0.25) is 0 Å². The van der Waals surface area contributed by atoms with Gasteiger partial charge in [-0.05, 0) is 64.8 Å². The van der Waals surface area contributed by atoms with Gasteiger partial charge in [-0.3, -0.25) is 10.1 Å². The summed E-state index contributed by atoms with van der Waals surface area (Å²) in [5.41, 5.74) is 4.01. The molecule has 1 N–H and O–H groups in total. The second-order valence-electron chi connectivity index (χ2n) is 7.77. The van der Waals surface area contributed by atoms with E-state index in [4.69, 9.17) is 18.9 Å². The molecule has 3 aromatic rings. The Morgan fingerprint density at radius 3 is 2.24 bits per heavy atom. The number of aromatic nitrogens is 1. The van der Waals surface area contributed by atoms with Crippen molar-refractivity contribution >= 4 is 46.4 Å². The van der Waals surface area contributed by atoms with E-state index in [0.29, 0.717) is 5.03 Å². The number of ether oxygens (including phenoxy) is 2. The third-order valence-corrected chi connectivity index (χ3v) is 5.99. The number of hydrogen-bond donors (Lipinski definition) is 1. The molecule has 0 aliphatic carbocycles. The van der Waals surface area contributed by atoms with Crippen molar-refractivity contribution in [3.05, 3.63) is 51.8 Å². The average molecular weight is 485 g/mol. The molecule has 0 spiro atoms. The van der Waals surface area contributed by atoms with Crippen LogP contribution in [0.5, 0.6) is 0 Å². The number of rotatable bonds is 8. The van der Waals surface area contributed by atoms with Crippen molar-refractivity contribution in [2.24, 2.45) is 0 Å². The second-order valence-corrected chi connectivity index (χ2v) is 8.77. The highest BCUT2D eigenvalue weighted by Crippen LogP contribution is 2.30. The number of pyridine rings is 1. The fourth-order valence-corrected chi connectivity index (χ4v) is 4.44. The molecule has 180 valence electrons. The Bertz CT molecular complexity index is 1260. The number of hydrogen-bond acceptors (Lipinski definition) is 8. The van der Waals surface area contributed by atoms with Crippen LogP contribution < -0.4 is 5.32 Å². The molecule has 9 heteroatoms. The first-order chi connectivity index (χ1) is 16.2. The number of nitrogens with zero attached hydrogens (tertiary/aromatic N) is 1. The lowest BCUT2D eigenvalue weighted by atomic mass is 10.0. The number of amides is 1. The fraction of sp³-hybridized carbons (Fsp3) is 0.360. The molecule has 1 amide bonds. The number of carbonyl (C=O) groups excluding carboxylic acids is 3. The van der Waals surface area contributed by atoms with Gasteiger partial charge in [-0.15, -0.1) is 0 Å². The topological polar surface area (TPSA) is 108 Å². The number of furan rings is 1. The van der Waals surface area contributed by atoms with Crippen molar-refractivity contribution < 1.29 is 28.3 Å². The highest BCUT2D eigenvalue weighted by Gasteiger charge is 2.31. The summed E-state index contributed by atoms with van der Waals surface area (Å²) in [5, 5.41) is 4.38. The highest BCUT2D eigenvalue weighted by molar-refractivity contribution is 7.99. The van der Waals surface area contributed by atoms with Gasteiger partial charge in [0.15, 0.2) is 0 Å². The van der Waals surface area contributed by atoms with E-state index in [1.165, 1.54) is 24.2 Å². The molecule has 0 unspecified atom stereocenters. The van der Waals surface area contributed by atoms with Crippen LogP contribution in [0.4, 0.5) is 5.88 Å². The first kappa shape index (κ1) is 25.3. The van der Waals surface area contributed by atoms with Crippen LogP contribution >= 0.6 is 11.8 Å². The van der Waals surface area contributed by atoms with E-state index in [0.717, 1.165) is 22.0 Å². The van der Waals surface area contributed by atoms with Crippen LogP contribution in [-0.2, 0) is 14.3 Å². The summed E-state index contributed by atoms with van der Waals surface area (Å²) >= 11 is 1.27. The summed E-state index contributed by atoms with van der Waals surface area (Å²) in [6.07, 6.45) is 0. The molecule has 0 aliphatic heterocycles. The zero-order chi connectivity index (χ0) is 25.0. The zero-order valence-corrected chi connectivity index (χ0v) is 21.0. The standard InChI is InChI=1S/C25H28N2O6S/c1-7-31-24(29)20-16(6)33-23(21(20)25(30)32-8-2)26-18(28)12-34-19-11-14(4)17-10-13(3)9-15(5)22(17)27-19/h9-11H,7-8,12H2,1-6H3,(H,26,28). The fourth-order valence-electron chi connectivity index (χ4n) is 3.67. The Morgan fingerprint density at radius 2 is 1.59 bits per heavy atom. The molecule has 0 saturated carbocycles. The average Bonchev–Trinajstić information content (AvgIpc) is 3.09. The molecule has 0 fully saturated rings. The van der Waals surface area contributed by atoms with Crippen molar-refractivity contribution in [3.8, 4) is 0 Å². The first-order valence-electron chi connectivity index (χ1n) is 10.9. The third kappa shape index (κ3) is 5.41. The van der Waals surface area contributed by atoms with E-state index in [1.54, 1.807) is 13.8 Å². The maximum atomic E-state index is 12.7. The number of aryl methyl sites for hydroxylation is 4. The quantitative estimate of drug-likeness (QED) is 0.346. The maximum absolute atomic E-state index is 12.7. The van der Waals surface area contributed by atoms with Crippen molar-refractivity contribution in [2.45, 2.75) is 46.6 Å². The smallest absolute Gasteiger partial charge is 0.344 e. The lowest BCUT2D eigenvalue weighted by Crippen LogP contribution is -2.18. The van der Waals surface area contributed by atoms with Gasteiger partial charge < -0.3 is 13.9 Å². The van der Waals surface area contributed by atoms with E-state index in [-0.39, 0.29) is 41.7 Å². The van der Waals surface area contributed by atoms with E-state index >= 15 is 0 Å². The zero-order valence-electron chi connectivity index (χ0n) is 20.2. The van der Waals surface area contributed by atoms with Gasteiger partial charge in [-0.2, -0.15) is 0 Å². The van der Waals surface area contributed by atoms with Crippen molar-refractivity contribution in [1.29, 1.82) is 0 Å². The highest BCUT2D eigenvalue weighted by atomic mass is 32.2. The first-order valence-corrected chi connectivity index (χ1v) is 11.9. The molecule has 0 radical (unpaired) electrons. The van der Waals surface area contributed by atoms with Gasteiger partial charge in [0.2, 0.25) is 11.8 Å². The molecule has 2 aromatic heterocycles. The lowest BCUT2D eigenvalue weighted by Gasteiger charge is -2.10. The number of esters is 2. The summed E-state index contributed by atoms with van der Waals surface area (Å²) in [7, 11) is 0. The lowest BCUT2D eigenvalue weighted by molar-refractivity contribution is -0.113. The Labute approximate surface area is 202 Å². The van der Waals surface area contributed by atoms with E-state index in [1.807, 2.05) is 26.8 Å². The Kier molecular flexibility index (Phi) is 7.98. The van der Waals surface area contributed by atoms with Crippen LogP contribution in [0.1, 0.15) is 57.0 Å². The van der Waals surface area contributed by atoms with Crippen LogP contribution in [0.3, 0.4) is 0 Å². The second kappa shape index (κ2) is 10.7. The predicted octanol–water partition coefficient (Wildman–Crippen LogP) is 5.15. The summed E-state index contributed by atoms with van der Waals surface area (Å²) in [4.78, 5) is 42.3. The van der Waals surface area contributed by atoms with Crippen LogP contribution in [0, 0.1) is 27.7 Å². The van der Waals surface area contributed by atoms with Gasteiger partial charge in [0.1, 0.15) is 16.9 Å². The molecule has 2 heterocycles. The van der Waals surface area contributed by atoms with Crippen molar-refractivity contribution in [2.75, 3.05) is 24.3 Å². The number of fused-ring (bicyclic) bond motifs is 1. The SMILES string of the molecule is CCOC(=O)c1c(C)oc(NC(=O)CSc2cc(C)c3cc(C)cc(C)c3n2)c1C(=O)OCC. The minimum Gasteiger partial charge on any atom is -0.462 e. The monoisotopic (exact) mass is 484 g/mol. The number of benzene rings is 1. The third-order valence-electron chi connectivity index (χ3n) is 5.08. The van der Waals surface area contributed by atoms with Gasteiger partial charge in [0.05, 0.1) is 29.5 Å². The molecule has 34 heavy (non-hydrogen) atoms. The normalized spacial score (nSPS) is 10.9. The minimum absolute atomic E-state index is 0.0274. The number of nitrogens with one attached hydrogen (secondary N) is 1. The van der Waals surface area contributed by atoms with Gasteiger partial charge in [-0.25, -0.2) is 14.6 Å². The largest absolute Gasteiger partial charge is 0.462 e. The van der Waals surface area contributed by atoms with E-state index < -0.39 is 17.8 Å². The van der Waals surface area contributed by atoms with Gasteiger partial charge in [-0.1, -0.05) is 23.4 Å². The van der Waals surface area contributed by atoms with Crippen molar-refractivity contribution in [3.63, 3.8) is 0 Å². The number of thioether (sulfide) groups is 1. The van der Waals surface area contributed by atoms with Crippen LogP contribution in [-0.4, -0.2) is 41.8 Å². The van der Waals surface area contributed by atoms with Gasteiger partial charge in [0.25, 0.3) is 0 Å². The molecule has 0 saturated heterocycles. The molecular weight excluding hydrogens is 456 g/mol. The van der Waals surface area contributed by atoms with E-state index in [2.05, 4.69) is 17.4 Å². The minimum atomic E-state index is -0.775. The Balaban J connectivity index is 1.82. The number of carbonyl (C=O) groups is 3.